The van der Waals surface area contributed by atoms with E-state index >= 15 is 0 Å². The topological polar surface area (TPSA) is 83.8 Å². The van der Waals surface area contributed by atoms with Gasteiger partial charge in [0.2, 0.25) is 15.9 Å². The molecule has 0 unspecified atom stereocenters. The molecule has 1 amide bonds. The van der Waals surface area contributed by atoms with Crippen LogP contribution in [-0.2, 0) is 14.8 Å². The summed E-state index contributed by atoms with van der Waals surface area (Å²) >= 11 is 0. The Morgan fingerprint density at radius 3 is 2.61 bits per heavy atom. The van der Waals surface area contributed by atoms with E-state index in [1.165, 1.54) is 10.6 Å². The third kappa shape index (κ3) is 3.53. The molecule has 1 aliphatic rings. The Bertz CT molecular complexity index is 836. The van der Waals surface area contributed by atoms with Gasteiger partial charge in [0.25, 0.3) is 0 Å². The number of carbonyl (C=O) groups is 1. The number of sulfonamides is 1. The predicted molar refractivity (Wildman–Crippen MR) is 87.7 cm³/mol. The highest BCUT2D eigenvalue weighted by Gasteiger charge is 2.28. The van der Waals surface area contributed by atoms with Crippen molar-refractivity contribution >= 4 is 27.3 Å². The van der Waals surface area contributed by atoms with E-state index in [1.807, 2.05) is 35.9 Å². The third-order valence-electron chi connectivity index (χ3n) is 4.13. The number of imidazole rings is 1. The van der Waals surface area contributed by atoms with E-state index in [0.717, 1.165) is 11.3 Å². The Morgan fingerprint density at radius 2 is 1.96 bits per heavy atom. The van der Waals surface area contributed by atoms with Gasteiger partial charge in [-0.25, -0.2) is 17.7 Å². The molecular weight excluding hydrogens is 316 g/mol. The molecule has 0 radical (unpaired) electrons. The second-order valence-corrected chi connectivity index (χ2v) is 7.97. The van der Waals surface area contributed by atoms with Crippen LogP contribution >= 0.6 is 0 Å². The van der Waals surface area contributed by atoms with Gasteiger partial charge in [0.05, 0.1) is 17.6 Å². The van der Waals surface area contributed by atoms with Crippen LogP contribution in [0.4, 0.5) is 5.69 Å². The minimum Gasteiger partial charge on any atom is -0.325 e. The lowest BCUT2D eigenvalue weighted by Crippen LogP contribution is -2.40. The first kappa shape index (κ1) is 15.9. The Hall–Kier alpha value is -1.93. The monoisotopic (exact) mass is 336 g/mol. The van der Waals surface area contributed by atoms with Crippen LogP contribution in [0.15, 0.2) is 24.5 Å². The average molecular weight is 336 g/mol. The third-order valence-corrected chi connectivity index (χ3v) is 5.44. The van der Waals surface area contributed by atoms with Crippen molar-refractivity contribution in [2.24, 2.45) is 5.92 Å². The lowest BCUT2D eigenvalue weighted by Gasteiger charge is -2.29. The van der Waals surface area contributed by atoms with E-state index < -0.39 is 10.0 Å². The van der Waals surface area contributed by atoms with E-state index in [2.05, 4.69) is 10.3 Å². The van der Waals surface area contributed by atoms with Crippen molar-refractivity contribution in [3.8, 4) is 0 Å². The van der Waals surface area contributed by atoms with Crippen molar-refractivity contribution < 1.29 is 13.2 Å². The number of rotatable bonds is 3. The van der Waals surface area contributed by atoms with Crippen molar-refractivity contribution in [2.45, 2.75) is 19.8 Å². The average Bonchev–Trinajstić information content (AvgIpc) is 2.86. The molecule has 0 bridgehead atoms. The molecule has 0 aromatic carbocycles. The summed E-state index contributed by atoms with van der Waals surface area (Å²) in [6.45, 7) is 2.72. The van der Waals surface area contributed by atoms with Gasteiger partial charge in [-0.3, -0.25) is 4.79 Å². The van der Waals surface area contributed by atoms with Gasteiger partial charge < -0.3 is 9.72 Å². The number of amides is 1. The van der Waals surface area contributed by atoms with E-state index in [1.54, 1.807) is 0 Å². The smallest absolute Gasteiger partial charge is 0.227 e. The van der Waals surface area contributed by atoms with Crippen LogP contribution in [0.1, 0.15) is 18.5 Å². The zero-order chi connectivity index (χ0) is 16.6. The SMILES string of the molecule is Cc1cn2cc(NC(=O)C3CCN(S(C)(=O)=O)CC3)ccc2n1. The molecule has 0 spiro atoms. The molecule has 3 heterocycles. The molecule has 0 aliphatic carbocycles. The van der Waals surface area contributed by atoms with Crippen molar-refractivity contribution in [3.05, 3.63) is 30.2 Å². The summed E-state index contributed by atoms with van der Waals surface area (Å²) in [5.41, 5.74) is 2.47. The summed E-state index contributed by atoms with van der Waals surface area (Å²) in [5, 5.41) is 2.91. The zero-order valence-corrected chi connectivity index (χ0v) is 14.0. The molecule has 2 aromatic heterocycles. The molecule has 1 fully saturated rings. The fraction of sp³-hybridized carbons (Fsp3) is 0.467. The maximum absolute atomic E-state index is 12.4. The van der Waals surface area contributed by atoms with E-state index in [9.17, 15) is 13.2 Å². The highest BCUT2D eigenvalue weighted by molar-refractivity contribution is 7.88. The van der Waals surface area contributed by atoms with E-state index in [4.69, 9.17) is 0 Å². The number of hydrogen-bond donors (Lipinski definition) is 1. The molecule has 124 valence electrons. The van der Waals surface area contributed by atoms with E-state index in [-0.39, 0.29) is 11.8 Å². The van der Waals surface area contributed by atoms with Gasteiger partial charge in [0.1, 0.15) is 5.65 Å². The molecule has 0 atom stereocenters. The van der Waals surface area contributed by atoms with Crippen LogP contribution in [0.2, 0.25) is 0 Å². The number of nitrogens with zero attached hydrogens (tertiary/aromatic N) is 3. The molecule has 1 N–H and O–H groups in total. The summed E-state index contributed by atoms with van der Waals surface area (Å²) in [4.78, 5) is 16.7. The number of nitrogens with one attached hydrogen (secondary N) is 1. The van der Waals surface area contributed by atoms with Crippen LogP contribution in [0, 0.1) is 12.8 Å². The van der Waals surface area contributed by atoms with Gasteiger partial charge in [0.15, 0.2) is 0 Å². The highest BCUT2D eigenvalue weighted by atomic mass is 32.2. The van der Waals surface area contributed by atoms with Crippen molar-refractivity contribution in [1.82, 2.24) is 13.7 Å². The Labute approximate surface area is 135 Å². The minimum atomic E-state index is -3.16. The molecule has 1 aliphatic heterocycles. The number of anilines is 1. The first-order valence-corrected chi connectivity index (χ1v) is 9.39. The molecule has 7 nitrogen and oxygen atoms in total. The number of pyridine rings is 1. The van der Waals surface area contributed by atoms with Crippen LogP contribution < -0.4 is 5.32 Å². The standard InChI is InChI=1S/C15H20N4O3S/c1-11-9-18-10-13(3-4-14(18)16-11)17-15(20)12-5-7-19(8-6-12)23(2,21)22/h3-4,9-10,12H,5-8H2,1-2H3,(H,17,20). The van der Waals surface area contributed by atoms with Crippen LogP contribution in [-0.4, -0.2) is 47.4 Å². The van der Waals surface area contributed by atoms with Gasteiger partial charge in [-0.1, -0.05) is 0 Å². The second-order valence-electron chi connectivity index (χ2n) is 5.99. The minimum absolute atomic E-state index is 0.0608. The Kier molecular flexibility index (Phi) is 4.11. The lowest BCUT2D eigenvalue weighted by atomic mass is 9.97. The quantitative estimate of drug-likeness (QED) is 0.914. The summed E-state index contributed by atoms with van der Waals surface area (Å²) in [7, 11) is -3.16. The predicted octanol–water partition coefficient (Wildman–Crippen LogP) is 1.25. The molecule has 3 rings (SSSR count). The van der Waals surface area contributed by atoms with Crippen molar-refractivity contribution in [1.29, 1.82) is 0 Å². The number of fused-ring (bicyclic) bond motifs is 1. The van der Waals surface area contributed by atoms with Crippen LogP contribution in [0.3, 0.4) is 0 Å². The first-order chi connectivity index (χ1) is 10.8. The second kappa shape index (κ2) is 5.93. The largest absolute Gasteiger partial charge is 0.325 e. The number of carbonyl (C=O) groups excluding carboxylic acids is 1. The maximum atomic E-state index is 12.4. The van der Waals surface area contributed by atoms with Crippen LogP contribution in [0.25, 0.3) is 5.65 Å². The fourth-order valence-electron chi connectivity index (χ4n) is 2.89. The molecule has 0 saturated carbocycles. The normalized spacial score (nSPS) is 17.5. The number of aryl methyl sites for hydroxylation is 1. The van der Waals surface area contributed by atoms with Gasteiger partial charge in [-0.05, 0) is 31.9 Å². The molecule has 8 heteroatoms. The van der Waals surface area contributed by atoms with Gasteiger partial charge in [0, 0.05) is 31.4 Å². The number of hydrogen-bond acceptors (Lipinski definition) is 4. The zero-order valence-electron chi connectivity index (χ0n) is 13.2. The van der Waals surface area contributed by atoms with Gasteiger partial charge in [-0.2, -0.15) is 0 Å². The Morgan fingerprint density at radius 1 is 1.26 bits per heavy atom. The summed E-state index contributed by atoms with van der Waals surface area (Å²) in [6.07, 6.45) is 6.03. The molecule has 2 aromatic rings. The Balaban J connectivity index is 1.64. The number of piperidine rings is 1. The van der Waals surface area contributed by atoms with Gasteiger partial charge in [-0.15, -0.1) is 0 Å². The summed E-state index contributed by atoms with van der Waals surface area (Å²) < 4.78 is 26.3. The van der Waals surface area contributed by atoms with E-state index in [0.29, 0.717) is 31.6 Å². The molecular formula is C15H20N4O3S. The highest BCUT2D eigenvalue weighted by Crippen LogP contribution is 2.21. The fourth-order valence-corrected chi connectivity index (χ4v) is 3.76. The van der Waals surface area contributed by atoms with Crippen molar-refractivity contribution in [3.63, 3.8) is 0 Å². The molecule has 1 saturated heterocycles. The van der Waals surface area contributed by atoms with Crippen LogP contribution in [0.5, 0.6) is 0 Å². The first-order valence-electron chi connectivity index (χ1n) is 7.54. The maximum Gasteiger partial charge on any atom is 0.227 e. The van der Waals surface area contributed by atoms with Gasteiger partial charge >= 0.3 is 0 Å². The summed E-state index contributed by atoms with van der Waals surface area (Å²) in [6, 6.07) is 3.68. The summed E-state index contributed by atoms with van der Waals surface area (Å²) in [5.74, 6) is -0.220. The van der Waals surface area contributed by atoms with Crippen molar-refractivity contribution in [2.75, 3.05) is 24.7 Å². The lowest BCUT2D eigenvalue weighted by molar-refractivity contribution is -0.120. The molecule has 23 heavy (non-hydrogen) atoms. The number of aromatic nitrogens is 2.